The van der Waals surface area contributed by atoms with Gasteiger partial charge in [0.15, 0.2) is 0 Å². The first kappa shape index (κ1) is 11.8. The van der Waals surface area contributed by atoms with Gasteiger partial charge in [0.25, 0.3) is 0 Å². The average molecular weight is 247 g/mol. The lowest BCUT2D eigenvalue weighted by atomic mass is 9.48. The molecule has 4 bridgehead atoms. The number of rotatable bonds is 5. The van der Waals surface area contributed by atoms with E-state index in [1.165, 1.54) is 25.8 Å². The molecule has 5 aliphatic carbocycles. The summed E-state index contributed by atoms with van der Waals surface area (Å²) in [4.78, 5) is 0. The van der Waals surface area contributed by atoms with Crippen LogP contribution < -0.4 is 5.32 Å². The molecule has 0 spiro atoms. The second-order valence-corrected chi connectivity index (χ2v) is 8.19. The maximum Gasteiger partial charge on any atom is 0.00954 e. The Kier molecular flexibility index (Phi) is 2.76. The molecule has 5 rings (SSSR count). The maximum absolute atomic E-state index is 3.91. The zero-order valence-electron chi connectivity index (χ0n) is 12.0. The molecule has 0 aromatic carbocycles. The summed E-state index contributed by atoms with van der Waals surface area (Å²) in [6, 6.07) is 0.782. The molecule has 5 saturated carbocycles. The van der Waals surface area contributed by atoms with Crippen molar-refractivity contribution in [1.29, 1.82) is 0 Å². The van der Waals surface area contributed by atoms with Gasteiger partial charge in [-0.1, -0.05) is 12.8 Å². The van der Waals surface area contributed by atoms with Crippen LogP contribution in [-0.2, 0) is 0 Å². The van der Waals surface area contributed by atoms with Gasteiger partial charge in [0.2, 0.25) is 0 Å². The van der Waals surface area contributed by atoms with Crippen molar-refractivity contribution >= 4 is 0 Å². The van der Waals surface area contributed by atoms with Gasteiger partial charge in [-0.05, 0) is 87.5 Å². The van der Waals surface area contributed by atoms with Gasteiger partial charge >= 0.3 is 0 Å². The fraction of sp³-hybridized carbons (Fsp3) is 1.00. The maximum atomic E-state index is 3.91. The molecule has 5 aliphatic rings. The van der Waals surface area contributed by atoms with Crippen molar-refractivity contribution in [2.24, 2.45) is 29.1 Å². The van der Waals surface area contributed by atoms with Gasteiger partial charge in [0, 0.05) is 6.04 Å². The summed E-state index contributed by atoms with van der Waals surface area (Å²) in [7, 11) is 0. The second kappa shape index (κ2) is 4.23. The van der Waals surface area contributed by atoms with Crippen LogP contribution in [0.3, 0.4) is 0 Å². The summed E-state index contributed by atoms with van der Waals surface area (Å²) in [5.41, 5.74) is 0.707. The molecule has 1 N–H and O–H groups in total. The van der Waals surface area contributed by atoms with Crippen molar-refractivity contribution in [2.75, 3.05) is 6.54 Å². The standard InChI is InChI=1S/C17H29N/c1-12(18-5-4-13-2-3-13)17-9-14-6-15(10-17)8-16(7-14)11-17/h12-16,18H,2-11H2,1H3. The van der Waals surface area contributed by atoms with E-state index in [9.17, 15) is 0 Å². The van der Waals surface area contributed by atoms with E-state index < -0.39 is 0 Å². The summed E-state index contributed by atoms with van der Waals surface area (Å²) in [5, 5.41) is 3.91. The summed E-state index contributed by atoms with van der Waals surface area (Å²) >= 11 is 0. The highest BCUT2D eigenvalue weighted by molar-refractivity contribution is 5.05. The molecule has 1 unspecified atom stereocenters. The smallest absolute Gasteiger partial charge is 0.00954 e. The fourth-order valence-electron chi connectivity index (χ4n) is 5.83. The Morgan fingerprint density at radius 2 is 1.56 bits per heavy atom. The first-order valence-electron chi connectivity index (χ1n) is 8.47. The Morgan fingerprint density at radius 3 is 2.06 bits per heavy atom. The van der Waals surface area contributed by atoms with Gasteiger partial charge in [-0.2, -0.15) is 0 Å². The molecule has 18 heavy (non-hydrogen) atoms. The van der Waals surface area contributed by atoms with Crippen LogP contribution in [0, 0.1) is 29.1 Å². The van der Waals surface area contributed by atoms with Crippen molar-refractivity contribution in [1.82, 2.24) is 5.32 Å². The van der Waals surface area contributed by atoms with Crippen LogP contribution in [0.25, 0.3) is 0 Å². The molecule has 0 saturated heterocycles. The molecule has 1 atom stereocenters. The largest absolute Gasteiger partial charge is 0.314 e. The van der Waals surface area contributed by atoms with Crippen LogP contribution in [0.2, 0.25) is 0 Å². The van der Waals surface area contributed by atoms with Gasteiger partial charge < -0.3 is 5.32 Å². The lowest BCUT2D eigenvalue weighted by Gasteiger charge is -2.59. The zero-order chi connectivity index (χ0) is 12.2. The molecular weight excluding hydrogens is 218 g/mol. The lowest BCUT2D eigenvalue weighted by Crippen LogP contribution is -2.55. The molecule has 5 fully saturated rings. The Bertz CT molecular complexity index is 282. The van der Waals surface area contributed by atoms with Crippen LogP contribution >= 0.6 is 0 Å². The Labute approximate surface area is 112 Å². The molecule has 0 heterocycles. The monoisotopic (exact) mass is 247 g/mol. The van der Waals surface area contributed by atoms with Gasteiger partial charge in [-0.3, -0.25) is 0 Å². The summed E-state index contributed by atoms with van der Waals surface area (Å²) in [6.45, 7) is 3.79. The topological polar surface area (TPSA) is 12.0 Å². The second-order valence-electron chi connectivity index (χ2n) is 8.19. The third-order valence-electron chi connectivity index (χ3n) is 6.70. The van der Waals surface area contributed by atoms with E-state index in [0.717, 1.165) is 29.7 Å². The van der Waals surface area contributed by atoms with Crippen molar-refractivity contribution in [3.05, 3.63) is 0 Å². The first-order chi connectivity index (χ1) is 8.73. The highest BCUT2D eigenvalue weighted by Gasteiger charge is 2.52. The van der Waals surface area contributed by atoms with Gasteiger partial charge in [-0.15, -0.1) is 0 Å². The van der Waals surface area contributed by atoms with Crippen LogP contribution in [-0.4, -0.2) is 12.6 Å². The van der Waals surface area contributed by atoms with E-state index in [-0.39, 0.29) is 0 Å². The van der Waals surface area contributed by atoms with E-state index in [0.29, 0.717) is 5.41 Å². The minimum atomic E-state index is 0.707. The van der Waals surface area contributed by atoms with Crippen LogP contribution in [0.4, 0.5) is 0 Å². The predicted octanol–water partition coefficient (Wildman–Crippen LogP) is 3.98. The Hall–Kier alpha value is -0.0400. The third kappa shape index (κ3) is 2.03. The third-order valence-corrected chi connectivity index (χ3v) is 6.70. The molecule has 0 aromatic rings. The van der Waals surface area contributed by atoms with Gasteiger partial charge in [0.05, 0.1) is 0 Å². The van der Waals surface area contributed by atoms with Crippen LogP contribution in [0.15, 0.2) is 0 Å². The number of hydrogen-bond donors (Lipinski definition) is 1. The van der Waals surface area contributed by atoms with Gasteiger partial charge in [-0.25, -0.2) is 0 Å². The van der Waals surface area contributed by atoms with Crippen LogP contribution in [0.5, 0.6) is 0 Å². The molecule has 0 radical (unpaired) electrons. The first-order valence-corrected chi connectivity index (χ1v) is 8.47. The minimum Gasteiger partial charge on any atom is -0.314 e. The minimum absolute atomic E-state index is 0.707. The Morgan fingerprint density at radius 1 is 1.00 bits per heavy atom. The summed E-state index contributed by atoms with van der Waals surface area (Å²) < 4.78 is 0. The van der Waals surface area contributed by atoms with Crippen molar-refractivity contribution in [3.8, 4) is 0 Å². The van der Waals surface area contributed by atoms with Crippen LogP contribution in [0.1, 0.15) is 64.7 Å². The van der Waals surface area contributed by atoms with E-state index in [4.69, 9.17) is 0 Å². The predicted molar refractivity (Wildman–Crippen MR) is 75.4 cm³/mol. The number of hydrogen-bond acceptors (Lipinski definition) is 1. The van der Waals surface area contributed by atoms with E-state index in [1.807, 2.05) is 0 Å². The normalized spacial score (nSPS) is 47.5. The average Bonchev–Trinajstić information content (AvgIpc) is 3.11. The highest BCUT2D eigenvalue weighted by Crippen LogP contribution is 2.61. The quantitative estimate of drug-likeness (QED) is 0.775. The van der Waals surface area contributed by atoms with E-state index in [1.54, 1.807) is 38.5 Å². The lowest BCUT2D eigenvalue weighted by molar-refractivity contribution is -0.0703. The summed E-state index contributed by atoms with van der Waals surface area (Å²) in [6.07, 6.45) is 13.8. The molecule has 0 amide bonds. The summed E-state index contributed by atoms with van der Waals surface area (Å²) in [5.74, 6) is 4.39. The molecule has 1 heteroatoms. The van der Waals surface area contributed by atoms with Gasteiger partial charge in [0.1, 0.15) is 0 Å². The van der Waals surface area contributed by atoms with E-state index in [2.05, 4.69) is 12.2 Å². The van der Waals surface area contributed by atoms with Crippen molar-refractivity contribution < 1.29 is 0 Å². The molecule has 0 aliphatic heterocycles. The highest BCUT2D eigenvalue weighted by atomic mass is 14.9. The zero-order valence-corrected chi connectivity index (χ0v) is 12.0. The number of nitrogens with one attached hydrogen (secondary N) is 1. The molecule has 0 aromatic heterocycles. The van der Waals surface area contributed by atoms with E-state index >= 15 is 0 Å². The Balaban J connectivity index is 1.39. The molecule has 102 valence electrons. The molecule has 1 nitrogen and oxygen atoms in total. The molecular formula is C17H29N. The SMILES string of the molecule is CC(NCCC1CC1)C12CC3CC(CC(C3)C1)C2. The fourth-order valence-corrected chi connectivity index (χ4v) is 5.83. The van der Waals surface area contributed by atoms with Crippen molar-refractivity contribution in [3.63, 3.8) is 0 Å². The van der Waals surface area contributed by atoms with Crippen molar-refractivity contribution in [2.45, 2.75) is 70.8 Å².